The summed E-state index contributed by atoms with van der Waals surface area (Å²) in [5.41, 5.74) is 8.79. The van der Waals surface area contributed by atoms with Crippen molar-refractivity contribution in [2.75, 3.05) is 44.6 Å². The Hall–Kier alpha value is -2.70. The summed E-state index contributed by atoms with van der Waals surface area (Å²) in [5, 5.41) is 7.02. The Morgan fingerprint density at radius 3 is 2.76 bits per heavy atom. The van der Waals surface area contributed by atoms with Gasteiger partial charge in [-0.25, -0.2) is 4.98 Å². The fourth-order valence-corrected chi connectivity index (χ4v) is 5.39. The maximum Gasteiger partial charge on any atom is 0.236 e. The number of benzene rings is 1. The number of nitrogens with zero attached hydrogens (tertiary/aromatic N) is 1. The zero-order valence-corrected chi connectivity index (χ0v) is 21.3. The standard InChI is InChI=1S/C28H37N3O3/c1-17-9-7-8-10-19(17)24-23(22(32)16-34-14-13-33-6)18(2)30-27-25(24)26(29-5)20-15-28(3,4)12-11-21(20)31-27/h7-10,24H,11-16H2,1-6H3,(H2,29,30,31)/p+1. The van der Waals surface area contributed by atoms with Crippen LogP contribution >= 0.6 is 0 Å². The Kier molecular flexibility index (Phi) is 7.10. The summed E-state index contributed by atoms with van der Waals surface area (Å²) in [7, 11) is 3.63. The summed E-state index contributed by atoms with van der Waals surface area (Å²) in [5.74, 6) is 0.703. The number of hydrogen-bond donors (Lipinski definition) is 2. The van der Waals surface area contributed by atoms with Gasteiger partial charge >= 0.3 is 0 Å². The molecule has 0 spiro atoms. The van der Waals surface area contributed by atoms with E-state index in [1.54, 1.807) is 7.11 Å². The van der Waals surface area contributed by atoms with Gasteiger partial charge in [0.1, 0.15) is 12.4 Å². The van der Waals surface area contributed by atoms with Crippen LogP contribution in [0.1, 0.15) is 61.1 Å². The van der Waals surface area contributed by atoms with E-state index in [9.17, 15) is 4.79 Å². The molecule has 2 aromatic rings. The summed E-state index contributed by atoms with van der Waals surface area (Å²) >= 11 is 0. The largest absolute Gasteiger partial charge is 0.426 e. The predicted octanol–water partition coefficient (Wildman–Crippen LogP) is 4.52. The van der Waals surface area contributed by atoms with Crippen LogP contribution in [0.15, 0.2) is 35.5 Å². The SMILES string of the molecule is CNc1c2c(nc3c1C(c1ccccc1C)C(C(=O)C[OH+]CCOC)=C(C)N3)CCC(C)(C)C2. The summed E-state index contributed by atoms with van der Waals surface area (Å²) in [6.07, 6.45) is 3.06. The first-order chi connectivity index (χ1) is 16.3. The number of allylic oxidation sites excluding steroid dienone is 1. The van der Waals surface area contributed by atoms with E-state index in [1.807, 2.05) is 20.0 Å². The molecule has 0 saturated heterocycles. The zero-order chi connectivity index (χ0) is 24.5. The molecule has 0 saturated carbocycles. The number of carbonyl (C=O) groups excluding carboxylic acids is 1. The number of fused-ring (bicyclic) bond motifs is 2. The van der Waals surface area contributed by atoms with E-state index in [-0.39, 0.29) is 23.7 Å². The molecule has 1 aromatic heterocycles. The number of aryl methyl sites for hydroxylation is 2. The monoisotopic (exact) mass is 464 g/mol. The minimum Gasteiger partial charge on any atom is -0.426 e. The molecule has 6 heteroatoms. The lowest BCUT2D eigenvalue weighted by Crippen LogP contribution is -2.31. The normalized spacial score (nSPS) is 18.7. The Balaban J connectivity index is 1.88. The third-order valence-electron chi connectivity index (χ3n) is 7.16. The maximum absolute atomic E-state index is 13.6. The van der Waals surface area contributed by atoms with Crippen LogP contribution in [0.4, 0.5) is 11.5 Å². The Morgan fingerprint density at radius 1 is 1.29 bits per heavy atom. The molecule has 0 fully saturated rings. The van der Waals surface area contributed by atoms with Crippen LogP contribution in [0.25, 0.3) is 0 Å². The molecular weight excluding hydrogens is 426 g/mol. The van der Waals surface area contributed by atoms with Crippen molar-refractivity contribution in [2.45, 2.75) is 52.9 Å². The molecule has 34 heavy (non-hydrogen) atoms. The van der Waals surface area contributed by atoms with E-state index in [0.29, 0.717) is 13.2 Å². The summed E-state index contributed by atoms with van der Waals surface area (Å²) in [6.45, 7) is 9.93. The number of aromatic nitrogens is 1. The molecule has 182 valence electrons. The van der Waals surface area contributed by atoms with Crippen molar-refractivity contribution in [1.82, 2.24) is 4.98 Å². The Morgan fingerprint density at radius 2 is 2.06 bits per heavy atom. The fraction of sp³-hybridized carbons (Fsp3) is 0.500. The van der Waals surface area contributed by atoms with E-state index < -0.39 is 0 Å². The number of ether oxygens (including phenoxy) is 2. The maximum atomic E-state index is 13.6. The molecule has 2 aliphatic rings. The Bertz CT molecular complexity index is 1120. The average Bonchev–Trinajstić information content (AvgIpc) is 2.80. The minimum atomic E-state index is -0.201. The van der Waals surface area contributed by atoms with Crippen LogP contribution < -0.4 is 10.6 Å². The molecule has 2 heterocycles. The molecular formula is C28H38N3O3+. The zero-order valence-electron chi connectivity index (χ0n) is 21.3. The first-order valence-corrected chi connectivity index (χ1v) is 12.2. The summed E-state index contributed by atoms with van der Waals surface area (Å²) in [4.78, 5) is 18.7. The van der Waals surface area contributed by atoms with Crippen LogP contribution in [-0.2, 0) is 22.4 Å². The van der Waals surface area contributed by atoms with Crippen LogP contribution in [0.5, 0.6) is 0 Å². The molecule has 1 aromatic carbocycles. The van der Waals surface area contributed by atoms with Gasteiger partial charge in [-0.05, 0) is 55.2 Å². The second kappa shape index (κ2) is 9.88. The summed E-state index contributed by atoms with van der Waals surface area (Å²) in [6, 6.07) is 8.36. The lowest BCUT2D eigenvalue weighted by atomic mass is 9.72. The highest BCUT2D eigenvalue weighted by molar-refractivity contribution is 6.01. The van der Waals surface area contributed by atoms with Gasteiger partial charge in [-0.3, -0.25) is 4.79 Å². The molecule has 1 aliphatic carbocycles. The number of hydrogen-bond acceptors (Lipinski definition) is 5. The van der Waals surface area contributed by atoms with Gasteiger partial charge in [0.25, 0.3) is 0 Å². The quantitative estimate of drug-likeness (QED) is 0.444. The first kappa shape index (κ1) is 24.4. The molecule has 0 radical (unpaired) electrons. The van der Waals surface area contributed by atoms with E-state index >= 15 is 0 Å². The molecule has 3 N–H and O–H groups in total. The highest BCUT2D eigenvalue weighted by Gasteiger charge is 2.39. The van der Waals surface area contributed by atoms with Crippen molar-refractivity contribution >= 4 is 17.3 Å². The molecule has 1 unspecified atom stereocenters. The van der Waals surface area contributed by atoms with Gasteiger partial charge in [-0.1, -0.05) is 38.1 Å². The number of rotatable bonds is 8. The van der Waals surface area contributed by atoms with Crippen molar-refractivity contribution in [3.05, 3.63) is 63.5 Å². The van der Waals surface area contributed by atoms with Gasteiger partial charge in [-0.2, -0.15) is 0 Å². The van der Waals surface area contributed by atoms with Crippen molar-refractivity contribution in [2.24, 2.45) is 5.41 Å². The predicted molar refractivity (Wildman–Crippen MR) is 138 cm³/mol. The number of pyridine rings is 1. The van der Waals surface area contributed by atoms with Crippen molar-refractivity contribution in [3.63, 3.8) is 0 Å². The molecule has 1 atom stereocenters. The van der Waals surface area contributed by atoms with Crippen molar-refractivity contribution in [3.8, 4) is 0 Å². The van der Waals surface area contributed by atoms with E-state index in [1.165, 1.54) is 5.56 Å². The Labute approximate surface area is 203 Å². The molecule has 4 rings (SSSR count). The average molecular weight is 465 g/mol. The second-order valence-corrected chi connectivity index (χ2v) is 10.2. The molecule has 1 aliphatic heterocycles. The first-order valence-electron chi connectivity index (χ1n) is 12.2. The number of carbonyl (C=O) groups is 1. The fourth-order valence-electron chi connectivity index (χ4n) is 5.39. The minimum absolute atomic E-state index is 0.0418. The number of methoxy groups -OCH3 is 1. The van der Waals surface area contributed by atoms with Gasteiger partial charge in [0.15, 0.2) is 6.61 Å². The van der Waals surface area contributed by atoms with Crippen molar-refractivity contribution in [1.29, 1.82) is 0 Å². The smallest absolute Gasteiger partial charge is 0.236 e. The van der Waals surface area contributed by atoms with Gasteiger partial charge < -0.3 is 20.1 Å². The van der Waals surface area contributed by atoms with Crippen LogP contribution in [0.2, 0.25) is 0 Å². The number of ketones is 1. The van der Waals surface area contributed by atoms with E-state index in [2.05, 4.69) is 54.3 Å². The highest BCUT2D eigenvalue weighted by atomic mass is 16.5. The van der Waals surface area contributed by atoms with Gasteiger partial charge in [0, 0.05) is 48.3 Å². The van der Waals surface area contributed by atoms with E-state index in [4.69, 9.17) is 9.72 Å². The summed E-state index contributed by atoms with van der Waals surface area (Å²) < 4.78 is 9.54. The lowest BCUT2D eigenvalue weighted by molar-refractivity contribution is -0.132. The highest BCUT2D eigenvalue weighted by Crippen LogP contribution is 2.49. The lowest BCUT2D eigenvalue weighted by Gasteiger charge is -2.37. The molecule has 0 bridgehead atoms. The number of Topliss-reactive ketones (excluding diaryl/α,β-unsaturated/α-hetero) is 1. The van der Waals surface area contributed by atoms with Gasteiger partial charge in [0.05, 0.1) is 0 Å². The van der Waals surface area contributed by atoms with Gasteiger partial charge in [0.2, 0.25) is 12.4 Å². The third-order valence-corrected chi connectivity index (χ3v) is 7.16. The number of nitrogens with one attached hydrogen (secondary N) is 2. The van der Waals surface area contributed by atoms with E-state index in [0.717, 1.165) is 64.4 Å². The topological polar surface area (TPSA) is 76.1 Å². The van der Waals surface area contributed by atoms with Crippen LogP contribution in [0.3, 0.4) is 0 Å². The second-order valence-electron chi connectivity index (χ2n) is 10.2. The van der Waals surface area contributed by atoms with Crippen LogP contribution in [-0.4, -0.2) is 49.5 Å². The molecule has 6 nitrogen and oxygen atoms in total. The number of anilines is 2. The van der Waals surface area contributed by atoms with Crippen LogP contribution in [0, 0.1) is 12.3 Å². The molecule has 0 amide bonds. The third kappa shape index (κ3) is 4.62. The number of aliphatic hydroxyl groups is 2. The van der Waals surface area contributed by atoms with Crippen molar-refractivity contribution < 1.29 is 14.3 Å². The van der Waals surface area contributed by atoms with Gasteiger partial charge in [-0.15, -0.1) is 0 Å².